The summed E-state index contributed by atoms with van der Waals surface area (Å²) >= 11 is 3.50. The Hall–Kier alpha value is -2.14. The summed E-state index contributed by atoms with van der Waals surface area (Å²) in [5.41, 5.74) is 9.89. The number of nitrogen functional groups attached to an aromatic ring is 1. The van der Waals surface area contributed by atoms with E-state index in [4.69, 9.17) is 5.73 Å². The molecule has 106 valence electrons. The third kappa shape index (κ3) is 2.56. The van der Waals surface area contributed by atoms with Gasteiger partial charge in [0.1, 0.15) is 11.5 Å². The van der Waals surface area contributed by atoms with E-state index < -0.39 is 0 Å². The molecule has 1 heterocycles. The number of halogens is 2. The summed E-state index contributed by atoms with van der Waals surface area (Å²) in [5, 5.41) is 4.54. The summed E-state index contributed by atoms with van der Waals surface area (Å²) in [7, 11) is 0. The maximum atomic E-state index is 13.2. The van der Waals surface area contributed by atoms with Gasteiger partial charge in [0.05, 0.1) is 17.6 Å². The second kappa shape index (κ2) is 5.33. The van der Waals surface area contributed by atoms with Crippen LogP contribution in [-0.2, 0) is 0 Å². The van der Waals surface area contributed by atoms with E-state index in [1.807, 2.05) is 31.2 Å². The van der Waals surface area contributed by atoms with Gasteiger partial charge in [-0.05, 0) is 36.8 Å². The van der Waals surface area contributed by atoms with Crippen molar-refractivity contribution in [2.45, 2.75) is 6.92 Å². The van der Waals surface area contributed by atoms with Crippen LogP contribution in [0.1, 0.15) is 5.56 Å². The summed E-state index contributed by atoms with van der Waals surface area (Å²) in [6, 6.07) is 12.3. The molecule has 0 radical (unpaired) electrons. The van der Waals surface area contributed by atoms with Crippen molar-refractivity contribution in [3.8, 4) is 16.9 Å². The summed E-state index contributed by atoms with van der Waals surface area (Å²) < 4.78 is 15.8. The first-order valence-corrected chi connectivity index (χ1v) is 7.22. The van der Waals surface area contributed by atoms with Crippen molar-refractivity contribution in [2.24, 2.45) is 0 Å². The van der Waals surface area contributed by atoms with Gasteiger partial charge in [-0.25, -0.2) is 9.07 Å². The lowest BCUT2D eigenvalue weighted by molar-refractivity contribution is 0.625. The lowest BCUT2D eigenvalue weighted by atomic mass is 10.1. The minimum absolute atomic E-state index is 0.262. The molecule has 0 spiro atoms. The van der Waals surface area contributed by atoms with E-state index in [1.54, 1.807) is 16.9 Å². The first-order valence-electron chi connectivity index (χ1n) is 6.43. The number of nitrogens with two attached hydrogens (primary N) is 1. The molecule has 0 atom stereocenters. The van der Waals surface area contributed by atoms with E-state index >= 15 is 0 Å². The molecule has 0 bridgehead atoms. The van der Waals surface area contributed by atoms with Crippen molar-refractivity contribution in [3.63, 3.8) is 0 Å². The zero-order valence-electron chi connectivity index (χ0n) is 11.3. The standard InChI is InChI=1S/C16H13BrFN3/c1-10-8-11(18)6-7-15(10)21-9-14(19)16(20-21)12-4-2-3-5-13(12)17/h2-9H,19H2,1H3. The van der Waals surface area contributed by atoms with Gasteiger partial charge in [0.25, 0.3) is 0 Å². The largest absolute Gasteiger partial charge is 0.396 e. The van der Waals surface area contributed by atoms with Gasteiger partial charge in [0.2, 0.25) is 0 Å². The van der Waals surface area contributed by atoms with E-state index in [1.165, 1.54) is 12.1 Å². The topological polar surface area (TPSA) is 43.8 Å². The van der Waals surface area contributed by atoms with Gasteiger partial charge in [-0.3, -0.25) is 0 Å². The minimum Gasteiger partial charge on any atom is -0.396 e. The predicted octanol–water partition coefficient (Wildman–Crippen LogP) is 4.33. The van der Waals surface area contributed by atoms with Gasteiger partial charge in [-0.2, -0.15) is 5.10 Å². The fourth-order valence-corrected chi connectivity index (χ4v) is 2.72. The molecule has 3 nitrogen and oxygen atoms in total. The molecule has 21 heavy (non-hydrogen) atoms. The predicted molar refractivity (Wildman–Crippen MR) is 85.8 cm³/mol. The molecular weight excluding hydrogens is 333 g/mol. The summed E-state index contributed by atoms with van der Waals surface area (Å²) in [6.07, 6.45) is 1.75. The lowest BCUT2D eigenvalue weighted by Crippen LogP contribution is -1.98. The molecule has 5 heteroatoms. The Labute approximate surface area is 130 Å². The number of nitrogens with zero attached hydrogens (tertiary/aromatic N) is 2. The Bertz CT molecular complexity index is 811. The molecule has 2 N–H and O–H groups in total. The van der Waals surface area contributed by atoms with Crippen LogP contribution in [0.5, 0.6) is 0 Å². The number of aromatic nitrogens is 2. The Kier molecular flexibility index (Phi) is 3.51. The van der Waals surface area contributed by atoms with Crippen molar-refractivity contribution in [1.29, 1.82) is 0 Å². The fourth-order valence-electron chi connectivity index (χ4n) is 2.25. The quantitative estimate of drug-likeness (QED) is 0.751. The van der Waals surface area contributed by atoms with Crippen molar-refractivity contribution >= 4 is 21.6 Å². The van der Waals surface area contributed by atoms with E-state index in [2.05, 4.69) is 21.0 Å². The second-order valence-corrected chi connectivity index (χ2v) is 5.64. The molecule has 0 amide bonds. The van der Waals surface area contributed by atoms with Crippen LogP contribution in [0, 0.1) is 12.7 Å². The highest BCUT2D eigenvalue weighted by molar-refractivity contribution is 9.10. The van der Waals surface area contributed by atoms with Crippen LogP contribution >= 0.6 is 15.9 Å². The van der Waals surface area contributed by atoms with E-state index in [9.17, 15) is 4.39 Å². The Morgan fingerprint density at radius 3 is 2.67 bits per heavy atom. The Morgan fingerprint density at radius 2 is 1.95 bits per heavy atom. The van der Waals surface area contributed by atoms with Crippen LogP contribution in [0.15, 0.2) is 53.1 Å². The molecule has 2 aromatic carbocycles. The smallest absolute Gasteiger partial charge is 0.123 e. The van der Waals surface area contributed by atoms with Crippen LogP contribution in [0.4, 0.5) is 10.1 Å². The van der Waals surface area contributed by atoms with Gasteiger partial charge in [-0.15, -0.1) is 0 Å². The maximum Gasteiger partial charge on any atom is 0.123 e. The first-order chi connectivity index (χ1) is 10.1. The van der Waals surface area contributed by atoms with Crippen molar-refractivity contribution in [2.75, 3.05) is 5.73 Å². The molecule has 0 aliphatic carbocycles. The molecule has 0 aliphatic heterocycles. The van der Waals surface area contributed by atoms with Crippen LogP contribution < -0.4 is 5.73 Å². The normalized spacial score (nSPS) is 10.8. The van der Waals surface area contributed by atoms with Gasteiger partial charge in [-0.1, -0.05) is 34.1 Å². The maximum absolute atomic E-state index is 13.2. The number of hydrogen-bond donors (Lipinski definition) is 1. The molecule has 0 fully saturated rings. The Morgan fingerprint density at radius 1 is 1.19 bits per heavy atom. The number of benzene rings is 2. The lowest BCUT2D eigenvalue weighted by Gasteiger charge is -2.05. The number of anilines is 1. The second-order valence-electron chi connectivity index (χ2n) is 4.79. The van der Waals surface area contributed by atoms with Gasteiger partial charge in [0, 0.05) is 10.0 Å². The number of aryl methyl sites for hydroxylation is 1. The fraction of sp³-hybridized carbons (Fsp3) is 0.0625. The Balaban J connectivity index is 2.12. The van der Waals surface area contributed by atoms with E-state index in [0.29, 0.717) is 11.4 Å². The molecular formula is C16H13BrFN3. The number of rotatable bonds is 2. The summed E-state index contributed by atoms with van der Waals surface area (Å²) in [6.45, 7) is 1.84. The minimum atomic E-state index is -0.262. The van der Waals surface area contributed by atoms with Gasteiger partial charge in [0.15, 0.2) is 0 Å². The summed E-state index contributed by atoms with van der Waals surface area (Å²) in [4.78, 5) is 0. The molecule has 0 aliphatic rings. The van der Waals surface area contributed by atoms with Crippen LogP contribution in [0.2, 0.25) is 0 Å². The first kappa shape index (κ1) is 13.8. The van der Waals surface area contributed by atoms with Crippen LogP contribution in [0.3, 0.4) is 0 Å². The molecule has 1 aromatic heterocycles. The van der Waals surface area contributed by atoms with Crippen LogP contribution in [-0.4, -0.2) is 9.78 Å². The average Bonchev–Trinajstić information content (AvgIpc) is 2.81. The van der Waals surface area contributed by atoms with Gasteiger partial charge < -0.3 is 5.73 Å². The van der Waals surface area contributed by atoms with Crippen molar-refractivity contribution < 1.29 is 4.39 Å². The molecule has 0 saturated carbocycles. The highest BCUT2D eigenvalue weighted by atomic mass is 79.9. The van der Waals surface area contributed by atoms with E-state index in [-0.39, 0.29) is 5.82 Å². The van der Waals surface area contributed by atoms with Crippen LogP contribution in [0.25, 0.3) is 16.9 Å². The van der Waals surface area contributed by atoms with Gasteiger partial charge >= 0.3 is 0 Å². The molecule has 3 rings (SSSR count). The van der Waals surface area contributed by atoms with Crippen molar-refractivity contribution in [3.05, 3.63) is 64.5 Å². The third-order valence-corrected chi connectivity index (χ3v) is 3.97. The highest BCUT2D eigenvalue weighted by Gasteiger charge is 2.13. The monoisotopic (exact) mass is 345 g/mol. The number of hydrogen-bond acceptors (Lipinski definition) is 2. The van der Waals surface area contributed by atoms with Crippen molar-refractivity contribution in [1.82, 2.24) is 9.78 Å². The zero-order valence-corrected chi connectivity index (χ0v) is 12.9. The average molecular weight is 346 g/mol. The third-order valence-electron chi connectivity index (χ3n) is 3.28. The highest BCUT2D eigenvalue weighted by Crippen LogP contribution is 2.31. The molecule has 0 saturated heterocycles. The SMILES string of the molecule is Cc1cc(F)ccc1-n1cc(N)c(-c2ccccc2Br)n1. The van der Waals surface area contributed by atoms with E-state index in [0.717, 1.165) is 21.3 Å². The molecule has 0 unspecified atom stereocenters. The summed E-state index contributed by atoms with van der Waals surface area (Å²) in [5.74, 6) is -0.262. The molecule has 3 aromatic rings. The zero-order chi connectivity index (χ0) is 15.0.